The fourth-order valence-corrected chi connectivity index (χ4v) is 1.92. The van der Waals surface area contributed by atoms with Gasteiger partial charge in [-0.2, -0.15) is 0 Å². The van der Waals surface area contributed by atoms with Crippen molar-refractivity contribution >= 4 is 17.7 Å². The lowest BCUT2D eigenvalue weighted by atomic mass is 10.2. The van der Waals surface area contributed by atoms with E-state index in [1.807, 2.05) is 31.2 Å². The molecule has 2 aromatic rings. The summed E-state index contributed by atoms with van der Waals surface area (Å²) in [6.45, 7) is 2.76. The van der Waals surface area contributed by atoms with Crippen LogP contribution in [0.3, 0.4) is 0 Å². The van der Waals surface area contributed by atoms with Crippen LogP contribution in [-0.2, 0) is 4.79 Å². The Morgan fingerprint density at radius 1 is 1.17 bits per heavy atom. The van der Waals surface area contributed by atoms with Gasteiger partial charge in [0, 0.05) is 18.2 Å². The van der Waals surface area contributed by atoms with Crippen LogP contribution < -0.4 is 10.1 Å². The Morgan fingerprint density at radius 3 is 2.46 bits per heavy atom. The van der Waals surface area contributed by atoms with Crippen molar-refractivity contribution in [2.24, 2.45) is 0 Å². The highest BCUT2D eigenvalue weighted by Gasteiger charge is 2.02. The predicted octanol–water partition coefficient (Wildman–Crippen LogP) is 3.11. The van der Waals surface area contributed by atoms with Gasteiger partial charge in [0.05, 0.1) is 11.5 Å². The zero-order chi connectivity index (χ0) is 17.4. The van der Waals surface area contributed by atoms with Crippen molar-refractivity contribution in [1.82, 2.24) is 5.32 Å². The van der Waals surface area contributed by atoms with Crippen molar-refractivity contribution in [2.75, 3.05) is 13.2 Å². The molecule has 0 bridgehead atoms. The van der Waals surface area contributed by atoms with Crippen molar-refractivity contribution in [3.05, 3.63) is 75.8 Å². The standard InChI is InChI=1S/C18H18N2O4/c1-14-2-9-17(10-3-14)24-13-12-19-18(21)11-6-15-4-7-16(8-5-15)20(22)23/h2-11H,12-13H2,1H3,(H,19,21). The van der Waals surface area contributed by atoms with Crippen LogP contribution >= 0.6 is 0 Å². The maximum Gasteiger partial charge on any atom is 0.269 e. The molecule has 0 heterocycles. The Kier molecular flexibility index (Phi) is 6.08. The number of carbonyl (C=O) groups excluding carboxylic acids is 1. The van der Waals surface area contributed by atoms with Crippen molar-refractivity contribution in [3.63, 3.8) is 0 Å². The van der Waals surface area contributed by atoms with Crippen molar-refractivity contribution in [2.45, 2.75) is 6.92 Å². The van der Waals surface area contributed by atoms with E-state index in [4.69, 9.17) is 4.74 Å². The van der Waals surface area contributed by atoms with E-state index in [2.05, 4.69) is 5.32 Å². The molecule has 0 aliphatic carbocycles. The molecule has 6 nitrogen and oxygen atoms in total. The van der Waals surface area contributed by atoms with Gasteiger partial charge in [-0.15, -0.1) is 0 Å². The van der Waals surface area contributed by atoms with Crippen LogP contribution in [0.15, 0.2) is 54.6 Å². The van der Waals surface area contributed by atoms with Crippen LogP contribution in [0, 0.1) is 17.0 Å². The highest BCUT2D eigenvalue weighted by atomic mass is 16.6. The molecule has 0 atom stereocenters. The molecule has 6 heteroatoms. The first-order valence-corrected chi connectivity index (χ1v) is 7.44. The number of benzene rings is 2. The summed E-state index contributed by atoms with van der Waals surface area (Å²) in [6, 6.07) is 13.6. The molecule has 0 saturated heterocycles. The predicted molar refractivity (Wildman–Crippen MR) is 91.8 cm³/mol. The fourth-order valence-electron chi connectivity index (χ4n) is 1.92. The summed E-state index contributed by atoms with van der Waals surface area (Å²) in [4.78, 5) is 21.8. The lowest BCUT2D eigenvalue weighted by Crippen LogP contribution is -2.26. The summed E-state index contributed by atoms with van der Waals surface area (Å²) in [5.41, 5.74) is 1.89. The molecule has 1 amide bonds. The average Bonchev–Trinajstić information content (AvgIpc) is 2.59. The number of nitro groups is 1. The van der Waals surface area contributed by atoms with Gasteiger partial charge in [0.2, 0.25) is 5.91 Å². The van der Waals surface area contributed by atoms with E-state index in [1.165, 1.54) is 18.2 Å². The zero-order valence-corrected chi connectivity index (χ0v) is 13.3. The number of carbonyl (C=O) groups is 1. The quantitative estimate of drug-likeness (QED) is 0.367. The Morgan fingerprint density at radius 2 is 1.83 bits per heavy atom. The smallest absolute Gasteiger partial charge is 0.269 e. The topological polar surface area (TPSA) is 81.5 Å². The summed E-state index contributed by atoms with van der Waals surface area (Å²) in [5, 5.41) is 13.3. The second-order valence-electron chi connectivity index (χ2n) is 5.13. The first-order valence-electron chi connectivity index (χ1n) is 7.44. The third kappa shape index (κ3) is 5.57. The second kappa shape index (κ2) is 8.47. The lowest BCUT2D eigenvalue weighted by Gasteiger charge is -2.06. The number of hydrogen-bond acceptors (Lipinski definition) is 4. The summed E-state index contributed by atoms with van der Waals surface area (Å²) < 4.78 is 5.51. The number of non-ortho nitro benzene ring substituents is 1. The number of rotatable bonds is 7. The van der Waals surface area contributed by atoms with E-state index < -0.39 is 4.92 Å². The third-order valence-electron chi connectivity index (χ3n) is 3.22. The Hall–Kier alpha value is -3.15. The largest absolute Gasteiger partial charge is 0.492 e. The van der Waals surface area contributed by atoms with Crippen LogP contribution in [0.5, 0.6) is 5.75 Å². The minimum absolute atomic E-state index is 0.0184. The van der Waals surface area contributed by atoms with Crippen LogP contribution in [0.4, 0.5) is 5.69 Å². The number of nitrogens with one attached hydrogen (secondary N) is 1. The van der Waals surface area contributed by atoms with Crippen LogP contribution in [0.1, 0.15) is 11.1 Å². The van der Waals surface area contributed by atoms with Gasteiger partial charge in [0.1, 0.15) is 12.4 Å². The van der Waals surface area contributed by atoms with Gasteiger partial charge in [0.15, 0.2) is 0 Å². The van der Waals surface area contributed by atoms with Gasteiger partial charge >= 0.3 is 0 Å². The van der Waals surface area contributed by atoms with Crippen molar-refractivity contribution < 1.29 is 14.5 Å². The molecular formula is C18H18N2O4. The van der Waals surface area contributed by atoms with E-state index >= 15 is 0 Å². The highest BCUT2D eigenvalue weighted by molar-refractivity contribution is 5.91. The molecule has 1 N–H and O–H groups in total. The molecule has 0 fully saturated rings. The molecular weight excluding hydrogens is 308 g/mol. The van der Waals surface area contributed by atoms with Gasteiger partial charge in [-0.05, 0) is 42.8 Å². The van der Waals surface area contributed by atoms with Crippen LogP contribution in [0.2, 0.25) is 0 Å². The number of aryl methyl sites for hydroxylation is 1. The molecule has 2 rings (SSSR count). The Balaban J connectivity index is 1.72. The normalized spacial score (nSPS) is 10.5. The molecule has 0 spiro atoms. The van der Waals surface area contributed by atoms with Crippen molar-refractivity contribution in [1.29, 1.82) is 0 Å². The monoisotopic (exact) mass is 326 g/mol. The van der Waals surface area contributed by atoms with E-state index in [0.29, 0.717) is 18.7 Å². The summed E-state index contributed by atoms with van der Waals surface area (Å²) in [5.74, 6) is 0.511. The second-order valence-corrected chi connectivity index (χ2v) is 5.13. The molecule has 24 heavy (non-hydrogen) atoms. The van der Waals surface area contributed by atoms with E-state index in [9.17, 15) is 14.9 Å². The number of ether oxygens (including phenoxy) is 1. The molecule has 0 unspecified atom stereocenters. The number of amides is 1. The van der Waals surface area contributed by atoms with E-state index in [-0.39, 0.29) is 11.6 Å². The molecule has 0 saturated carbocycles. The molecule has 0 aromatic heterocycles. The Bertz CT molecular complexity index is 722. The molecule has 0 radical (unpaired) electrons. The average molecular weight is 326 g/mol. The number of hydrogen-bond donors (Lipinski definition) is 1. The number of nitrogens with zero attached hydrogens (tertiary/aromatic N) is 1. The molecule has 2 aromatic carbocycles. The van der Waals surface area contributed by atoms with Gasteiger partial charge in [-0.3, -0.25) is 14.9 Å². The fraction of sp³-hybridized carbons (Fsp3) is 0.167. The minimum atomic E-state index is -0.464. The van der Waals surface area contributed by atoms with Gasteiger partial charge in [-0.25, -0.2) is 0 Å². The minimum Gasteiger partial charge on any atom is -0.492 e. The first-order chi connectivity index (χ1) is 11.5. The SMILES string of the molecule is Cc1ccc(OCCNC(=O)C=Cc2ccc([N+](=O)[O-])cc2)cc1. The molecule has 0 aliphatic heterocycles. The van der Waals surface area contributed by atoms with Gasteiger partial charge < -0.3 is 10.1 Å². The molecule has 0 aliphatic rings. The summed E-state index contributed by atoms with van der Waals surface area (Å²) in [7, 11) is 0. The van der Waals surface area contributed by atoms with Crippen LogP contribution in [-0.4, -0.2) is 24.0 Å². The van der Waals surface area contributed by atoms with Crippen molar-refractivity contribution in [3.8, 4) is 5.75 Å². The van der Waals surface area contributed by atoms with E-state index in [1.54, 1.807) is 18.2 Å². The summed E-state index contributed by atoms with van der Waals surface area (Å²) in [6.07, 6.45) is 2.98. The third-order valence-corrected chi connectivity index (χ3v) is 3.22. The molecule has 124 valence electrons. The lowest BCUT2D eigenvalue weighted by molar-refractivity contribution is -0.384. The summed E-state index contributed by atoms with van der Waals surface area (Å²) >= 11 is 0. The highest BCUT2D eigenvalue weighted by Crippen LogP contribution is 2.13. The number of nitro benzene ring substituents is 1. The van der Waals surface area contributed by atoms with Gasteiger partial charge in [-0.1, -0.05) is 17.7 Å². The maximum atomic E-state index is 11.7. The van der Waals surface area contributed by atoms with Gasteiger partial charge in [0.25, 0.3) is 5.69 Å². The zero-order valence-electron chi connectivity index (χ0n) is 13.3. The van der Waals surface area contributed by atoms with E-state index in [0.717, 1.165) is 11.3 Å². The first kappa shape index (κ1) is 17.2. The Labute approximate surface area is 139 Å². The maximum absolute atomic E-state index is 11.7. The van der Waals surface area contributed by atoms with Crippen LogP contribution in [0.25, 0.3) is 6.08 Å².